The Morgan fingerprint density at radius 2 is 2.00 bits per heavy atom. The minimum Gasteiger partial charge on any atom is -0.496 e. The molecule has 1 unspecified atom stereocenters. The Labute approximate surface area is 170 Å². The van der Waals surface area contributed by atoms with Crippen LogP contribution in [-0.2, 0) is 4.74 Å². The second kappa shape index (κ2) is 12.6. The van der Waals surface area contributed by atoms with E-state index in [2.05, 4.69) is 47.5 Å². The summed E-state index contributed by atoms with van der Waals surface area (Å²) >= 11 is 0. The van der Waals surface area contributed by atoms with Crippen molar-refractivity contribution in [2.75, 3.05) is 73.7 Å². The highest BCUT2D eigenvalue weighted by Gasteiger charge is 2.18. The number of morpholine rings is 1. The average Bonchev–Trinajstić information content (AvgIpc) is 2.72. The van der Waals surface area contributed by atoms with Crippen molar-refractivity contribution < 1.29 is 9.47 Å². The van der Waals surface area contributed by atoms with Crippen molar-refractivity contribution >= 4 is 5.96 Å². The Kier molecular flexibility index (Phi) is 10.1. The highest BCUT2D eigenvalue weighted by atomic mass is 16.5. The predicted molar refractivity (Wildman–Crippen MR) is 115 cm³/mol. The molecule has 7 nitrogen and oxygen atoms in total. The van der Waals surface area contributed by atoms with Crippen LogP contribution in [0.3, 0.4) is 0 Å². The van der Waals surface area contributed by atoms with E-state index in [4.69, 9.17) is 14.5 Å². The van der Waals surface area contributed by atoms with Gasteiger partial charge in [-0.25, -0.2) is 0 Å². The van der Waals surface area contributed by atoms with Crippen LogP contribution in [-0.4, -0.2) is 89.4 Å². The summed E-state index contributed by atoms with van der Waals surface area (Å²) in [6, 6.07) is 8.32. The van der Waals surface area contributed by atoms with Crippen LogP contribution in [0, 0.1) is 0 Å². The SMILES string of the molecule is CCNC(=NCC(c1ccccc1OC)N(C)C)NCCCN1CCOCC1. The first kappa shape index (κ1) is 22.5. The number of nitrogens with zero attached hydrogens (tertiary/aromatic N) is 3. The third-order valence-electron chi connectivity index (χ3n) is 4.94. The highest BCUT2D eigenvalue weighted by molar-refractivity contribution is 5.79. The smallest absolute Gasteiger partial charge is 0.191 e. The van der Waals surface area contributed by atoms with Crippen molar-refractivity contribution in [3.63, 3.8) is 0 Å². The summed E-state index contributed by atoms with van der Waals surface area (Å²) in [4.78, 5) is 9.48. The van der Waals surface area contributed by atoms with E-state index in [1.54, 1.807) is 7.11 Å². The number of benzene rings is 1. The number of aliphatic imine (C=N–C) groups is 1. The third kappa shape index (κ3) is 7.30. The van der Waals surface area contributed by atoms with E-state index in [0.29, 0.717) is 6.54 Å². The first-order valence-corrected chi connectivity index (χ1v) is 10.3. The number of para-hydroxylation sites is 1. The Hall–Kier alpha value is -1.83. The van der Waals surface area contributed by atoms with Gasteiger partial charge in [-0.2, -0.15) is 0 Å². The van der Waals surface area contributed by atoms with Gasteiger partial charge < -0.3 is 25.0 Å². The lowest BCUT2D eigenvalue weighted by Crippen LogP contribution is -2.41. The van der Waals surface area contributed by atoms with Crippen molar-refractivity contribution in [1.82, 2.24) is 20.4 Å². The van der Waals surface area contributed by atoms with Gasteiger partial charge in [-0.15, -0.1) is 0 Å². The quantitative estimate of drug-likeness (QED) is 0.359. The highest BCUT2D eigenvalue weighted by Crippen LogP contribution is 2.28. The van der Waals surface area contributed by atoms with E-state index in [0.717, 1.165) is 69.6 Å². The molecule has 1 saturated heterocycles. The van der Waals surface area contributed by atoms with Crippen LogP contribution in [0.15, 0.2) is 29.3 Å². The van der Waals surface area contributed by atoms with Gasteiger partial charge in [-0.3, -0.25) is 9.89 Å². The van der Waals surface area contributed by atoms with E-state index in [1.165, 1.54) is 0 Å². The van der Waals surface area contributed by atoms with Gasteiger partial charge in [-0.05, 0) is 40.1 Å². The van der Waals surface area contributed by atoms with Gasteiger partial charge in [-0.1, -0.05) is 18.2 Å². The van der Waals surface area contributed by atoms with E-state index >= 15 is 0 Å². The molecule has 0 saturated carbocycles. The number of methoxy groups -OCH3 is 1. The zero-order chi connectivity index (χ0) is 20.2. The Balaban J connectivity index is 1.91. The second-order valence-electron chi connectivity index (χ2n) is 7.18. The molecule has 2 rings (SSSR count). The molecule has 1 fully saturated rings. The average molecular weight is 392 g/mol. The summed E-state index contributed by atoms with van der Waals surface area (Å²) in [7, 11) is 5.87. The van der Waals surface area contributed by atoms with E-state index < -0.39 is 0 Å². The summed E-state index contributed by atoms with van der Waals surface area (Å²) in [5.74, 6) is 1.77. The van der Waals surface area contributed by atoms with Crippen molar-refractivity contribution in [3.8, 4) is 5.75 Å². The van der Waals surface area contributed by atoms with E-state index in [9.17, 15) is 0 Å². The van der Waals surface area contributed by atoms with Crippen LogP contribution in [0.5, 0.6) is 5.75 Å². The molecular weight excluding hydrogens is 354 g/mol. The topological polar surface area (TPSA) is 61.4 Å². The van der Waals surface area contributed by atoms with Crippen LogP contribution in [0.2, 0.25) is 0 Å². The molecule has 158 valence electrons. The lowest BCUT2D eigenvalue weighted by Gasteiger charge is -2.26. The predicted octanol–water partition coefficient (Wildman–Crippen LogP) is 1.58. The third-order valence-corrected chi connectivity index (χ3v) is 4.94. The molecule has 7 heteroatoms. The molecule has 0 aliphatic carbocycles. The molecule has 0 amide bonds. The molecule has 1 atom stereocenters. The van der Waals surface area contributed by atoms with Crippen LogP contribution in [0.4, 0.5) is 0 Å². The van der Waals surface area contributed by atoms with Crippen LogP contribution in [0.1, 0.15) is 24.9 Å². The van der Waals surface area contributed by atoms with Gasteiger partial charge in [0.05, 0.1) is 32.9 Å². The van der Waals surface area contributed by atoms with Crippen LogP contribution >= 0.6 is 0 Å². The van der Waals surface area contributed by atoms with E-state index in [1.807, 2.05) is 18.2 Å². The summed E-state index contributed by atoms with van der Waals surface area (Å²) in [6.07, 6.45) is 1.09. The molecule has 0 bridgehead atoms. The number of nitrogens with one attached hydrogen (secondary N) is 2. The lowest BCUT2D eigenvalue weighted by molar-refractivity contribution is 0.0376. The minimum atomic E-state index is 0.153. The van der Waals surface area contributed by atoms with Crippen molar-refractivity contribution in [2.45, 2.75) is 19.4 Å². The largest absolute Gasteiger partial charge is 0.496 e. The molecule has 1 aromatic carbocycles. The molecule has 1 aliphatic rings. The van der Waals surface area contributed by atoms with Gasteiger partial charge in [0.2, 0.25) is 0 Å². The number of hydrogen-bond acceptors (Lipinski definition) is 5. The van der Waals surface area contributed by atoms with Gasteiger partial charge in [0, 0.05) is 31.7 Å². The molecule has 2 N–H and O–H groups in total. The van der Waals surface area contributed by atoms with Gasteiger partial charge in [0.15, 0.2) is 5.96 Å². The Morgan fingerprint density at radius 1 is 1.25 bits per heavy atom. The maximum Gasteiger partial charge on any atom is 0.191 e. The molecule has 1 aromatic rings. The summed E-state index contributed by atoms with van der Waals surface area (Å²) in [5.41, 5.74) is 1.15. The van der Waals surface area contributed by atoms with Gasteiger partial charge >= 0.3 is 0 Å². The molecule has 28 heavy (non-hydrogen) atoms. The molecule has 0 spiro atoms. The number of guanidine groups is 1. The maximum atomic E-state index is 5.55. The standard InChI is InChI=1S/C21H37N5O2/c1-5-22-21(23-11-8-12-26-13-15-28-16-14-26)24-17-19(25(2)3)18-9-6-7-10-20(18)27-4/h6-7,9-10,19H,5,8,11-17H2,1-4H3,(H2,22,23,24). The zero-order valence-corrected chi connectivity index (χ0v) is 17.9. The van der Waals surface area contributed by atoms with Crippen molar-refractivity contribution in [3.05, 3.63) is 29.8 Å². The van der Waals surface area contributed by atoms with E-state index in [-0.39, 0.29) is 6.04 Å². The fourth-order valence-electron chi connectivity index (χ4n) is 3.34. The Morgan fingerprint density at radius 3 is 2.68 bits per heavy atom. The van der Waals surface area contributed by atoms with Crippen molar-refractivity contribution in [2.24, 2.45) is 4.99 Å². The zero-order valence-electron chi connectivity index (χ0n) is 17.9. The minimum absolute atomic E-state index is 0.153. The molecule has 1 heterocycles. The first-order chi connectivity index (χ1) is 13.7. The monoisotopic (exact) mass is 391 g/mol. The fraction of sp³-hybridized carbons (Fsp3) is 0.667. The van der Waals surface area contributed by atoms with Crippen LogP contribution in [0.25, 0.3) is 0 Å². The summed E-state index contributed by atoms with van der Waals surface area (Å²) in [6.45, 7) is 9.38. The van der Waals surface area contributed by atoms with Gasteiger partial charge in [0.25, 0.3) is 0 Å². The summed E-state index contributed by atoms with van der Waals surface area (Å²) in [5, 5.41) is 6.82. The molecule has 1 aliphatic heterocycles. The molecule has 0 radical (unpaired) electrons. The number of hydrogen-bond donors (Lipinski definition) is 2. The number of rotatable bonds is 10. The fourth-order valence-corrected chi connectivity index (χ4v) is 3.34. The maximum absolute atomic E-state index is 5.55. The molecular formula is C21H37N5O2. The summed E-state index contributed by atoms with van der Waals surface area (Å²) < 4.78 is 11.0. The number of likely N-dealkylation sites (N-methyl/N-ethyl adjacent to an activating group) is 1. The number of ether oxygens (including phenoxy) is 2. The van der Waals surface area contributed by atoms with Crippen LogP contribution < -0.4 is 15.4 Å². The molecule has 0 aromatic heterocycles. The lowest BCUT2D eigenvalue weighted by atomic mass is 10.0. The first-order valence-electron chi connectivity index (χ1n) is 10.3. The van der Waals surface area contributed by atoms with Gasteiger partial charge in [0.1, 0.15) is 5.75 Å². The normalized spacial score (nSPS) is 16.8. The van der Waals surface area contributed by atoms with Crippen molar-refractivity contribution in [1.29, 1.82) is 0 Å². The Bertz CT molecular complexity index is 588. The second-order valence-corrected chi connectivity index (χ2v) is 7.18.